The van der Waals surface area contributed by atoms with Crippen LogP contribution in [0, 0.1) is 0 Å². The highest BCUT2D eigenvalue weighted by Gasteiger charge is 2.20. The molecule has 0 aliphatic carbocycles. The van der Waals surface area contributed by atoms with E-state index in [2.05, 4.69) is 5.10 Å². The van der Waals surface area contributed by atoms with Gasteiger partial charge in [0.1, 0.15) is 0 Å². The molecule has 0 bridgehead atoms. The molecule has 2 aromatic heterocycles. The molecule has 0 aliphatic rings. The summed E-state index contributed by atoms with van der Waals surface area (Å²) in [5.74, 6) is 0. The molecule has 0 saturated carbocycles. The first-order valence-electron chi connectivity index (χ1n) is 6.23. The number of nitrogens with zero attached hydrogens (tertiary/aromatic N) is 2. The Morgan fingerprint density at radius 1 is 1.42 bits per heavy atom. The van der Waals surface area contributed by atoms with Crippen LogP contribution >= 0.6 is 34.5 Å². The van der Waals surface area contributed by atoms with Crippen LogP contribution in [0.2, 0.25) is 10.0 Å². The van der Waals surface area contributed by atoms with Gasteiger partial charge in [0.2, 0.25) is 0 Å². The molecule has 19 heavy (non-hydrogen) atoms. The number of aliphatic hydroxyl groups excluding tert-OH is 1. The van der Waals surface area contributed by atoms with Crippen molar-refractivity contribution in [3.8, 4) is 0 Å². The summed E-state index contributed by atoms with van der Waals surface area (Å²) in [6, 6.07) is 1.79. The summed E-state index contributed by atoms with van der Waals surface area (Å²) in [7, 11) is 0. The molecule has 0 radical (unpaired) electrons. The van der Waals surface area contributed by atoms with Crippen molar-refractivity contribution in [2.75, 3.05) is 0 Å². The third kappa shape index (κ3) is 2.97. The van der Waals surface area contributed by atoms with Gasteiger partial charge < -0.3 is 5.11 Å². The molecule has 0 saturated heterocycles. The van der Waals surface area contributed by atoms with E-state index >= 15 is 0 Å². The predicted octanol–water partition coefficient (Wildman–Crippen LogP) is 4.11. The van der Waals surface area contributed by atoms with Gasteiger partial charge in [-0.3, -0.25) is 4.68 Å². The van der Waals surface area contributed by atoms with Crippen molar-refractivity contribution in [3.05, 3.63) is 37.8 Å². The Hall–Kier alpha value is -0.550. The van der Waals surface area contributed by atoms with Crippen molar-refractivity contribution in [1.82, 2.24) is 9.78 Å². The molecule has 0 aliphatic heterocycles. The van der Waals surface area contributed by atoms with Gasteiger partial charge >= 0.3 is 0 Å². The van der Waals surface area contributed by atoms with Gasteiger partial charge in [0.05, 0.1) is 32.4 Å². The Morgan fingerprint density at radius 2 is 2.16 bits per heavy atom. The molecule has 2 heterocycles. The fourth-order valence-corrected chi connectivity index (χ4v) is 3.55. The first kappa shape index (κ1) is 14.9. The van der Waals surface area contributed by atoms with E-state index in [-0.39, 0.29) is 0 Å². The molecule has 2 aromatic rings. The molecule has 2 rings (SSSR count). The molecular weight excluding hydrogens is 303 g/mol. The van der Waals surface area contributed by atoms with Gasteiger partial charge in [-0.25, -0.2) is 0 Å². The largest absolute Gasteiger partial charge is 0.387 e. The SMILES string of the molecule is CCc1nn(CC)c(CC(O)c2sccc2Cl)c1Cl. The summed E-state index contributed by atoms with van der Waals surface area (Å²) in [5, 5.41) is 17.9. The minimum absolute atomic E-state index is 0.430. The molecule has 6 heteroatoms. The molecule has 1 N–H and O–H groups in total. The van der Waals surface area contributed by atoms with E-state index in [1.54, 1.807) is 6.07 Å². The summed E-state index contributed by atoms with van der Waals surface area (Å²) in [6.07, 6.45) is 0.575. The normalized spacial score (nSPS) is 12.9. The minimum atomic E-state index is -0.642. The van der Waals surface area contributed by atoms with Crippen molar-refractivity contribution < 1.29 is 5.11 Å². The average molecular weight is 319 g/mol. The van der Waals surface area contributed by atoms with Crippen LogP contribution in [0.4, 0.5) is 0 Å². The second-order valence-electron chi connectivity index (χ2n) is 4.23. The van der Waals surface area contributed by atoms with Gasteiger partial charge in [0.25, 0.3) is 0 Å². The van der Waals surface area contributed by atoms with Gasteiger partial charge in [0, 0.05) is 13.0 Å². The summed E-state index contributed by atoms with van der Waals surface area (Å²) in [6.45, 7) is 4.77. The lowest BCUT2D eigenvalue weighted by atomic mass is 10.1. The van der Waals surface area contributed by atoms with Crippen molar-refractivity contribution in [2.24, 2.45) is 0 Å². The predicted molar refractivity (Wildman–Crippen MR) is 80.3 cm³/mol. The summed E-state index contributed by atoms with van der Waals surface area (Å²) in [4.78, 5) is 0.777. The topological polar surface area (TPSA) is 38.0 Å². The molecule has 0 amide bonds. The van der Waals surface area contributed by atoms with E-state index < -0.39 is 6.10 Å². The second-order valence-corrected chi connectivity index (χ2v) is 5.96. The smallest absolute Gasteiger partial charge is 0.0952 e. The summed E-state index contributed by atoms with van der Waals surface area (Å²) >= 11 is 13.8. The third-order valence-corrected chi connectivity index (χ3v) is 4.92. The van der Waals surface area contributed by atoms with Crippen molar-refractivity contribution in [1.29, 1.82) is 0 Å². The fraction of sp³-hybridized carbons (Fsp3) is 0.462. The lowest BCUT2D eigenvalue weighted by Gasteiger charge is -2.11. The van der Waals surface area contributed by atoms with E-state index in [0.717, 1.165) is 29.2 Å². The lowest BCUT2D eigenvalue weighted by Crippen LogP contribution is -2.08. The highest BCUT2D eigenvalue weighted by atomic mass is 35.5. The fourth-order valence-electron chi connectivity index (χ4n) is 2.03. The zero-order valence-corrected chi connectivity index (χ0v) is 13.2. The molecule has 1 atom stereocenters. The van der Waals surface area contributed by atoms with E-state index in [1.165, 1.54) is 11.3 Å². The molecule has 0 aromatic carbocycles. The number of halogens is 2. The number of hydrogen-bond acceptors (Lipinski definition) is 3. The molecular formula is C13H16Cl2N2OS. The lowest BCUT2D eigenvalue weighted by molar-refractivity contribution is 0.179. The maximum Gasteiger partial charge on any atom is 0.0952 e. The standard InChI is InChI=1S/C13H16Cl2N2OS/c1-3-9-12(15)10(17(4-2)16-9)7-11(18)13-8(14)5-6-19-13/h5-6,11,18H,3-4,7H2,1-2H3. The van der Waals surface area contributed by atoms with Crippen molar-refractivity contribution in [2.45, 2.75) is 39.3 Å². The van der Waals surface area contributed by atoms with E-state index in [4.69, 9.17) is 23.2 Å². The van der Waals surface area contributed by atoms with Gasteiger partial charge in [0.15, 0.2) is 0 Å². The minimum Gasteiger partial charge on any atom is -0.387 e. The molecule has 0 spiro atoms. The van der Waals surface area contributed by atoms with Crippen LogP contribution in [0.15, 0.2) is 11.4 Å². The van der Waals surface area contributed by atoms with Gasteiger partial charge in [-0.15, -0.1) is 11.3 Å². The number of hydrogen-bond donors (Lipinski definition) is 1. The Morgan fingerprint density at radius 3 is 2.68 bits per heavy atom. The van der Waals surface area contributed by atoms with E-state index in [0.29, 0.717) is 16.5 Å². The van der Waals surface area contributed by atoms with Crippen LogP contribution in [-0.4, -0.2) is 14.9 Å². The van der Waals surface area contributed by atoms with E-state index in [9.17, 15) is 5.11 Å². The zero-order valence-electron chi connectivity index (χ0n) is 10.9. The highest BCUT2D eigenvalue weighted by molar-refractivity contribution is 7.10. The first-order valence-corrected chi connectivity index (χ1v) is 7.87. The summed E-state index contributed by atoms with van der Waals surface area (Å²) in [5.41, 5.74) is 1.75. The molecule has 3 nitrogen and oxygen atoms in total. The van der Waals surface area contributed by atoms with E-state index in [1.807, 2.05) is 23.9 Å². The Balaban J connectivity index is 2.28. The Bertz CT molecular complexity index is 565. The monoisotopic (exact) mass is 318 g/mol. The Kier molecular flexibility index (Phi) is 4.90. The van der Waals surface area contributed by atoms with Gasteiger partial charge in [-0.05, 0) is 24.8 Å². The average Bonchev–Trinajstić information content (AvgIpc) is 2.95. The van der Waals surface area contributed by atoms with Crippen LogP contribution in [0.3, 0.4) is 0 Å². The van der Waals surface area contributed by atoms with Crippen LogP contribution in [0.5, 0.6) is 0 Å². The van der Waals surface area contributed by atoms with Gasteiger partial charge in [-0.1, -0.05) is 30.1 Å². The first-order chi connectivity index (χ1) is 9.08. The summed E-state index contributed by atoms with van der Waals surface area (Å²) < 4.78 is 1.85. The number of thiophene rings is 1. The third-order valence-electron chi connectivity index (χ3n) is 3.03. The van der Waals surface area contributed by atoms with Crippen molar-refractivity contribution in [3.63, 3.8) is 0 Å². The number of rotatable bonds is 5. The molecule has 0 fully saturated rings. The van der Waals surface area contributed by atoms with Crippen LogP contribution in [-0.2, 0) is 19.4 Å². The number of aliphatic hydroxyl groups is 1. The molecule has 104 valence electrons. The maximum absolute atomic E-state index is 10.3. The quantitative estimate of drug-likeness (QED) is 0.900. The van der Waals surface area contributed by atoms with Gasteiger partial charge in [-0.2, -0.15) is 5.10 Å². The second kappa shape index (κ2) is 6.27. The number of aromatic nitrogens is 2. The molecule has 1 unspecified atom stereocenters. The van der Waals surface area contributed by atoms with Crippen LogP contribution in [0.25, 0.3) is 0 Å². The Labute approximate surface area is 126 Å². The van der Waals surface area contributed by atoms with Crippen LogP contribution < -0.4 is 0 Å². The number of aryl methyl sites for hydroxylation is 2. The van der Waals surface area contributed by atoms with Crippen LogP contribution in [0.1, 0.15) is 36.2 Å². The van der Waals surface area contributed by atoms with Crippen molar-refractivity contribution >= 4 is 34.5 Å². The maximum atomic E-state index is 10.3. The zero-order chi connectivity index (χ0) is 14.0. The highest BCUT2D eigenvalue weighted by Crippen LogP contribution is 2.33.